The van der Waals surface area contributed by atoms with Gasteiger partial charge in [0.2, 0.25) is 0 Å². The smallest absolute Gasteiger partial charge is 0.170 e. The van der Waals surface area contributed by atoms with E-state index in [4.69, 9.17) is 17.0 Å². The average molecular weight is 387 g/mol. The standard InChI is InChI=1S/C20H26N4O2S/c25-12-5-11-24-19(18(22-20(24)27)16-7-1-2-9-21-16)17-8-3-10-23(17)14-15-6-4-13-26-15/h1-3,7-10,15,18-19,25H,4-6,11-14H2,(H,22,27)/t15-,18-,19+/m1/s1. The largest absolute Gasteiger partial charge is 0.396 e. The number of pyridine rings is 1. The van der Waals surface area contributed by atoms with Gasteiger partial charge in [0.15, 0.2) is 5.11 Å². The number of aromatic nitrogens is 2. The summed E-state index contributed by atoms with van der Waals surface area (Å²) in [4.78, 5) is 6.76. The van der Waals surface area contributed by atoms with Gasteiger partial charge in [-0.1, -0.05) is 6.07 Å². The number of nitrogens with zero attached hydrogens (tertiary/aromatic N) is 3. The fourth-order valence-corrected chi connectivity index (χ4v) is 4.41. The van der Waals surface area contributed by atoms with Crippen LogP contribution in [0.25, 0.3) is 0 Å². The molecule has 0 bridgehead atoms. The zero-order chi connectivity index (χ0) is 18.6. The lowest BCUT2D eigenvalue weighted by atomic mass is 10.0. The van der Waals surface area contributed by atoms with Gasteiger partial charge >= 0.3 is 0 Å². The van der Waals surface area contributed by atoms with Crippen LogP contribution >= 0.6 is 12.2 Å². The number of ether oxygens (including phenoxy) is 1. The number of thiocarbonyl (C=S) groups is 1. The average Bonchev–Trinajstić information content (AvgIpc) is 3.42. The highest BCUT2D eigenvalue weighted by molar-refractivity contribution is 7.80. The first-order chi connectivity index (χ1) is 13.3. The van der Waals surface area contributed by atoms with E-state index in [0.29, 0.717) is 18.1 Å². The summed E-state index contributed by atoms with van der Waals surface area (Å²) >= 11 is 5.64. The Balaban J connectivity index is 1.66. The van der Waals surface area contributed by atoms with Crippen LogP contribution in [0.2, 0.25) is 0 Å². The predicted octanol–water partition coefficient (Wildman–Crippen LogP) is 2.42. The molecule has 2 N–H and O–H groups in total. The third-order valence-corrected chi connectivity index (χ3v) is 5.70. The zero-order valence-electron chi connectivity index (χ0n) is 15.3. The van der Waals surface area contributed by atoms with Crippen LogP contribution in [0.15, 0.2) is 42.7 Å². The molecular formula is C20H26N4O2S. The topological polar surface area (TPSA) is 62.5 Å². The molecule has 0 aliphatic carbocycles. The monoisotopic (exact) mass is 386 g/mol. The molecule has 0 amide bonds. The Bertz CT molecular complexity index is 760. The summed E-state index contributed by atoms with van der Waals surface area (Å²) in [6.45, 7) is 2.57. The highest BCUT2D eigenvalue weighted by Gasteiger charge is 2.40. The van der Waals surface area contributed by atoms with E-state index >= 15 is 0 Å². The number of hydrogen-bond acceptors (Lipinski definition) is 4. The number of hydrogen-bond donors (Lipinski definition) is 2. The molecule has 6 nitrogen and oxygen atoms in total. The predicted molar refractivity (Wildman–Crippen MR) is 107 cm³/mol. The van der Waals surface area contributed by atoms with Crippen molar-refractivity contribution in [2.75, 3.05) is 19.8 Å². The molecule has 2 saturated heterocycles. The molecule has 0 spiro atoms. The second kappa shape index (κ2) is 8.37. The minimum atomic E-state index is -0.0180. The lowest BCUT2D eigenvalue weighted by Gasteiger charge is -2.29. The van der Waals surface area contributed by atoms with Crippen LogP contribution < -0.4 is 5.32 Å². The van der Waals surface area contributed by atoms with E-state index < -0.39 is 0 Å². The van der Waals surface area contributed by atoms with E-state index in [0.717, 1.165) is 31.7 Å². The van der Waals surface area contributed by atoms with E-state index in [1.165, 1.54) is 5.69 Å². The summed E-state index contributed by atoms with van der Waals surface area (Å²) in [5.74, 6) is 0. The van der Waals surface area contributed by atoms with Gasteiger partial charge < -0.3 is 24.6 Å². The molecule has 0 saturated carbocycles. The van der Waals surface area contributed by atoms with Crippen molar-refractivity contribution >= 4 is 17.3 Å². The van der Waals surface area contributed by atoms with Crippen molar-refractivity contribution in [2.45, 2.75) is 44.0 Å². The van der Waals surface area contributed by atoms with Crippen LogP contribution in [0, 0.1) is 0 Å². The minimum Gasteiger partial charge on any atom is -0.396 e. The summed E-state index contributed by atoms with van der Waals surface area (Å²) < 4.78 is 8.14. The molecule has 2 fully saturated rings. The van der Waals surface area contributed by atoms with Crippen molar-refractivity contribution in [3.8, 4) is 0 Å². The maximum absolute atomic E-state index is 9.33. The molecule has 0 unspecified atom stereocenters. The van der Waals surface area contributed by atoms with Crippen LogP contribution in [-0.2, 0) is 11.3 Å². The van der Waals surface area contributed by atoms with Crippen molar-refractivity contribution in [1.29, 1.82) is 0 Å². The summed E-state index contributed by atoms with van der Waals surface area (Å²) in [6, 6.07) is 10.2. The van der Waals surface area contributed by atoms with Gasteiger partial charge in [0.1, 0.15) is 0 Å². The Morgan fingerprint density at radius 3 is 2.96 bits per heavy atom. The van der Waals surface area contributed by atoms with Crippen molar-refractivity contribution in [3.05, 3.63) is 54.1 Å². The maximum atomic E-state index is 9.33. The van der Waals surface area contributed by atoms with Crippen molar-refractivity contribution in [1.82, 2.24) is 19.8 Å². The summed E-state index contributed by atoms with van der Waals surface area (Å²) in [7, 11) is 0. The molecule has 4 rings (SSSR count). The van der Waals surface area contributed by atoms with Crippen LogP contribution in [0.5, 0.6) is 0 Å². The zero-order valence-corrected chi connectivity index (χ0v) is 16.1. The van der Waals surface area contributed by atoms with Crippen molar-refractivity contribution in [3.63, 3.8) is 0 Å². The van der Waals surface area contributed by atoms with E-state index in [9.17, 15) is 5.11 Å². The molecule has 4 heterocycles. The van der Waals surface area contributed by atoms with Crippen molar-refractivity contribution < 1.29 is 9.84 Å². The maximum Gasteiger partial charge on any atom is 0.170 e. The molecular weight excluding hydrogens is 360 g/mol. The van der Waals surface area contributed by atoms with Gasteiger partial charge in [0.05, 0.1) is 23.9 Å². The molecule has 144 valence electrons. The molecule has 2 aliphatic heterocycles. The Labute approximate surface area is 165 Å². The van der Waals surface area contributed by atoms with Crippen LogP contribution in [0.3, 0.4) is 0 Å². The van der Waals surface area contributed by atoms with Gasteiger partial charge in [0, 0.05) is 44.4 Å². The van der Waals surface area contributed by atoms with E-state index in [1.54, 1.807) is 0 Å². The highest BCUT2D eigenvalue weighted by Crippen LogP contribution is 2.39. The lowest BCUT2D eigenvalue weighted by molar-refractivity contribution is 0.0953. The number of aliphatic hydroxyl groups excluding tert-OH is 1. The Morgan fingerprint density at radius 1 is 1.30 bits per heavy atom. The van der Waals surface area contributed by atoms with E-state index in [2.05, 4.69) is 38.1 Å². The summed E-state index contributed by atoms with van der Waals surface area (Å²) in [5, 5.41) is 13.5. The number of nitrogens with one attached hydrogen (secondary N) is 1. The van der Waals surface area contributed by atoms with Gasteiger partial charge in [-0.3, -0.25) is 4.98 Å². The first-order valence-corrected chi connectivity index (χ1v) is 10.0. The minimum absolute atomic E-state index is 0.0180. The molecule has 7 heteroatoms. The quantitative estimate of drug-likeness (QED) is 0.713. The molecule has 0 radical (unpaired) electrons. The summed E-state index contributed by atoms with van der Waals surface area (Å²) in [6.07, 6.45) is 7.14. The Morgan fingerprint density at radius 2 is 2.22 bits per heavy atom. The fraction of sp³-hybridized carbons (Fsp3) is 0.500. The number of aliphatic hydroxyl groups is 1. The van der Waals surface area contributed by atoms with Crippen LogP contribution in [0.4, 0.5) is 0 Å². The third-order valence-electron chi connectivity index (χ3n) is 5.35. The third kappa shape index (κ3) is 3.85. The molecule has 27 heavy (non-hydrogen) atoms. The molecule has 2 aliphatic rings. The van der Waals surface area contributed by atoms with Gasteiger partial charge in [0.25, 0.3) is 0 Å². The second-order valence-electron chi connectivity index (χ2n) is 7.12. The van der Waals surface area contributed by atoms with Crippen molar-refractivity contribution in [2.24, 2.45) is 0 Å². The Kier molecular flexibility index (Phi) is 5.71. The Hall–Kier alpha value is -1.96. The van der Waals surface area contributed by atoms with Gasteiger partial charge in [-0.25, -0.2) is 0 Å². The SMILES string of the molecule is OCCCN1C(=S)N[C@H](c2ccccn2)[C@@H]1c1cccn1C[C@H]1CCCO1. The number of rotatable bonds is 7. The summed E-state index contributed by atoms with van der Waals surface area (Å²) in [5.41, 5.74) is 2.17. The fourth-order valence-electron chi connectivity index (χ4n) is 4.08. The molecule has 2 aromatic heterocycles. The molecule has 2 aromatic rings. The van der Waals surface area contributed by atoms with Gasteiger partial charge in [-0.15, -0.1) is 0 Å². The lowest BCUT2D eigenvalue weighted by Crippen LogP contribution is -2.32. The first kappa shape index (κ1) is 18.4. The second-order valence-corrected chi connectivity index (χ2v) is 7.50. The van der Waals surface area contributed by atoms with Crippen LogP contribution in [-0.4, -0.2) is 50.5 Å². The van der Waals surface area contributed by atoms with Crippen LogP contribution in [0.1, 0.15) is 42.7 Å². The normalized spacial score (nSPS) is 25.1. The molecule has 3 atom stereocenters. The van der Waals surface area contributed by atoms with E-state index in [-0.39, 0.29) is 24.8 Å². The highest BCUT2D eigenvalue weighted by atomic mass is 32.1. The van der Waals surface area contributed by atoms with Gasteiger partial charge in [-0.2, -0.15) is 0 Å². The van der Waals surface area contributed by atoms with Gasteiger partial charge in [-0.05, 0) is 55.7 Å². The molecule has 0 aromatic carbocycles. The van der Waals surface area contributed by atoms with E-state index in [1.807, 2.05) is 24.4 Å². The first-order valence-electron chi connectivity index (χ1n) is 9.63.